The van der Waals surface area contributed by atoms with Crippen molar-refractivity contribution in [2.75, 3.05) is 32.7 Å². The Hall–Kier alpha value is -0.120. The summed E-state index contributed by atoms with van der Waals surface area (Å²) < 4.78 is 0. The molecular weight excluding hydrogens is 224 g/mol. The molecule has 0 unspecified atom stereocenters. The van der Waals surface area contributed by atoms with Crippen molar-refractivity contribution in [3.05, 3.63) is 0 Å². The summed E-state index contributed by atoms with van der Waals surface area (Å²) in [6.07, 6.45) is 5.53. The molecule has 1 saturated heterocycles. The molecule has 0 radical (unpaired) electrons. The Morgan fingerprint density at radius 2 is 1.67 bits per heavy atom. The van der Waals surface area contributed by atoms with Gasteiger partial charge in [-0.3, -0.25) is 4.90 Å². The summed E-state index contributed by atoms with van der Waals surface area (Å²) in [6, 6.07) is 0. The summed E-state index contributed by atoms with van der Waals surface area (Å²) in [5.41, 5.74) is 0. The minimum absolute atomic E-state index is 0.219. The molecule has 1 atom stereocenters. The molecule has 1 heterocycles. The average molecular weight is 256 g/mol. The minimum Gasteiger partial charge on any atom is -0.378 e. The van der Waals surface area contributed by atoms with Crippen LogP contribution in [-0.2, 0) is 0 Å². The van der Waals surface area contributed by atoms with Gasteiger partial charge in [-0.15, -0.1) is 0 Å². The van der Waals surface area contributed by atoms with E-state index in [-0.39, 0.29) is 6.23 Å². The third-order valence-electron chi connectivity index (χ3n) is 4.14. The zero-order chi connectivity index (χ0) is 13.4. The van der Waals surface area contributed by atoms with Crippen molar-refractivity contribution in [1.29, 1.82) is 0 Å². The summed E-state index contributed by atoms with van der Waals surface area (Å²) in [5.74, 6) is 0.721. The van der Waals surface area contributed by atoms with Crippen LogP contribution in [0.2, 0.25) is 0 Å². The summed E-state index contributed by atoms with van der Waals surface area (Å²) in [4.78, 5) is 4.77. The van der Waals surface area contributed by atoms with Crippen LogP contribution in [0.4, 0.5) is 0 Å². The first kappa shape index (κ1) is 15.9. The van der Waals surface area contributed by atoms with Crippen LogP contribution in [0.1, 0.15) is 52.9 Å². The van der Waals surface area contributed by atoms with Crippen molar-refractivity contribution in [1.82, 2.24) is 9.80 Å². The predicted octanol–water partition coefficient (Wildman–Crippen LogP) is 2.55. The Labute approximate surface area is 113 Å². The molecule has 0 aromatic heterocycles. The topological polar surface area (TPSA) is 26.7 Å². The predicted molar refractivity (Wildman–Crippen MR) is 77.6 cm³/mol. The van der Waals surface area contributed by atoms with Gasteiger partial charge in [-0.1, -0.05) is 20.8 Å². The molecule has 1 aliphatic heterocycles. The zero-order valence-corrected chi connectivity index (χ0v) is 12.6. The second kappa shape index (κ2) is 8.89. The number of hydrogen-bond donors (Lipinski definition) is 1. The summed E-state index contributed by atoms with van der Waals surface area (Å²) in [7, 11) is 0. The van der Waals surface area contributed by atoms with Gasteiger partial charge < -0.3 is 10.0 Å². The first-order chi connectivity index (χ1) is 8.71. The van der Waals surface area contributed by atoms with E-state index in [2.05, 4.69) is 30.6 Å². The number of likely N-dealkylation sites (tertiary alicyclic amines) is 1. The highest BCUT2D eigenvalue weighted by Gasteiger charge is 2.23. The van der Waals surface area contributed by atoms with Gasteiger partial charge in [-0.05, 0) is 57.7 Å². The molecule has 0 bridgehead atoms. The normalized spacial score (nSPS) is 20.5. The molecule has 1 rings (SSSR count). The van der Waals surface area contributed by atoms with Gasteiger partial charge in [-0.2, -0.15) is 0 Å². The van der Waals surface area contributed by atoms with Crippen molar-refractivity contribution in [2.24, 2.45) is 5.92 Å². The Balaban J connectivity index is 2.31. The van der Waals surface area contributed by atoms with E-state index in [9.17, 15) is 5.11 Å². The first-order valence-corrected chi connectivity index (χ1v) is 7.85. The van der Waals surface area contributed by atoms with E-state index in [1.54, 1.807) is 0 Å². The highest BCUT2D eigenvalue weighted by atomic mass is 16.3. The maximum atomic E-state index is 10.4. The summed E-state index contributed by atoms with van der Waals surface area (Å²) in [6.45, 7) is 12.3. The highest BCUT2D eigenvalue weighted by Crippen LogP contribution is 2.23. The molecule has 0 aromatic rings. The monoisotopic (exact) mass is 256 g/mol. The van der Waals surface area contributed by atoms with Crippen molar-refractivity contribution in [2.45, 2.75) is 59.1 Å². The summed E-state index contributed by atoms with van der Waals surface area (Å²) >= 11 is 0. The second-order valence-electron chi connectivity index (χ2n) is 5.63. The Bertz CT molecular complexity index is 197. The number of rotatable bonds is 8. The maximum absolute atomic E-state index is 10.4. The van der Waals surface area contributed by atoms with Crippen LogP contribution in [0.25, 0.3) is 0 Å². The molecule has 0 spiro atoms. The molecule has 1 fully saturated rings. The molecule has 0 aromatic carbocycles. The van der Waals surface area contributed by atoms with Gasteiger partial charge in [0.15, 0.2) is 0 Å². The van der Waals surface area contributed by atoms with E-state index >= 15 is 0 Å². The SMILES string of the molecule is CCCN(CCC)[C@H](O)CC1CCN(CC)CC1. The van der Waals surface area contributed by atoms with Crippen molar-refractivity contribution >= 4 is 0 Å². The van der Waals surface area contributed by atoms with Gasteiger partial charge in [0, 0.05) is 13.1 Å². The number of nitrogens with zero attached hydrogens (tertiary/aromatic N) is 2. The Kier molecular flexibility index (Phi) is 7.87. The van der Waals surface area contributed by atoms with Crippen LogP contribution in [0, 0.1) is 5.92 Å². The molecule has 1 aliphatic rings. The maximum Gasteiger partial charge on any atom is 0.107 e. The van der Waals surface area contributed by atoms with Crippen LogP contribution >= 0.6 is 0 Å². The lowest BCUT2D eigenvalue weighted by Crippen LogP contribution is -2.40. The van der Waals surface area contributed by atoms with Gasteiger partial charge >= 0.3 is 0 Å². The third-order valence-corrected chi connectivity index (χ3v) is 4.14. The lowest BCUT2D eigenvalue weighted by molar-refractivity contribution is -0.0202. The fraction of sp³-hybridized carbons (Fsp3) is 1.00. The van der Waals surface area contributed by atoms with Crippen LogP contribution in [0.15, 0.2) is 0 Å². The molecule has 0 aliphatic carbocycles. The fourth-order valence-electron chi connectivity index (χ4n) is 2.97. The van der Waals surface area contributed by atoms with Gasteiger partial charge in [-0.25, -0.2) is 0 Å². The Morgan fingerprint density at radius 3 is 2.11 bits per heavy atom. The van der Waals surface area contributed by atoms with Gasteiger partial charge in [0.2, 0.25) is 0 Å². The van der Waals surface area contributed by atoms with E-state index in [1.807, 2.05) is 0 Å². The third kappa shape index (κ3) is 5.25. The zero-order valence-electron chi connectivity index (χ0n) is 12.6. The molecule has 0 saturated carbocycles. The van der Waals surface area contributed by atoms with E-state index in [1.165, 1.54) is 32.5 Å². The van der Waals surface area contributed by atoms with E-state index in [0.29, 0.717) is 0 Å². The van der Waals surface area contributed by atoms with Crippen molar-refractivity contribution in [3.63, 3.8) is 0 Å². The van der Waals surface area contributed by atoms with Crippen molar-refractivity contribution in [3.8, 4) is 0 Å². The van der Waals surface area contributed by atoms with E-state index in [4.69, 9.17) is 0 Å². The first-order valence-electron chi connectivity index (χ1n) is 7.85. The van der Waals surface area contributed by atoms with Gasteiger partial charge in [0.1, 0.15) is 6.23 Å². The van der Waals surface area contributed by atoms with Gasteiger partial charge in [0.25, 0.3) is 0 Å². The smallest absolute Gasteiger partial charge is 0.107 e. The standard InChI is InChI=1S/C15H32N2O/c1-4-9-17(10-5-2)15(18)13-14-7-11-16(6-3)12-8-14/h14-15,18H,4-13H2,1-3H3/t15-/m1/s1. The highest BCUT2D eigenvalue weighted by molar-refractivity contribution is 4.74. The number of piperidine rings is 1. The lowest BCUT2D eigenvalue weighted by Gasteiger charge is -2.34. The van der Waals surface area contributed by atoms with Crippen LogP contribution in [-0.4, -0.2) is 53.9 Å². The number of aliphatic hydroxyl groups excluding tert-OH is 1. The Morgan fingerprint density at radius 1 is 1.11 bits per heavy atom. The second-order valence-corrected chi connectivity index (χ2v) is 5.63. The molecule has 3 heteroatoms. The number of hydrogen-bond acceptors (Lipinski definition) is 3. The average Bonchev–Trinajstić information content (AvgIpc) is 2.39. The molecule has 108 valence electrons. The fourth-order valence-corrected chi connectivity index (χ4v) is 2.97. The largest absolute Gasteiger partial charge is 0.378 e. The molecule has 0 amide bonds. The van der Waals surface area contributed by atoms with Crippen LogP contribution in [0.5, 0.6) is 0 Å². The summed E-state index contributed by atoms with van der Waals surface area (Å²) in [5, 5.41) is 10.4. The van der Waals surface area contributed by atoms with Gasteiger partial charge in [0.05, 0.1) is 0 Å². The van der Waals surface area contributed by atoms with E-state index < -0.39 is 0 Å². The van der Waals surface area contributed by atoms with Crippen molar-refractivity contribution < 1.29 is 5.11 Å². The van der Waals surface area contributed by atoms with Crippen LogP contribution in [0.3, 0.4) is 0 Å². The molecular formula is C15H32N2O. The quantitative estimate of drug-likeness (QED) is 0.676. The molecule has 1 N–H and O–H groups in total. The van der Waals surface area contributed by atoms with E-state index in [0.717, 1.165) is 38.3 Å². The molecule has 3 nitrogen and oxygen atoms in total. The lowest BCUT2D eigenvalue weighted by atomic mass is 9.92. The molecule has 18 heavy (non-hydrogen) atoms. The van der Waals surface area contributed by atoms with Crippen LogP contribution < -0.4 is 0 Å². The number of aliphatic hydroxyl groups is 1. The minimum atomic E-state index is -0.219.